The normalized spacial score (nSPS) is 12.5. The Kier molecular flexibility index (Phi) is 7.22. The number of benzene rings is 2. The molecule has 1 aromatic heterocycles. The molecule has 6 nitrogen and oxygen atoms in total. The van der Waals surface area contributed by atoms with Crippen LogP contribution >= 0.6 is 0 Å². The van der Waals surface area contributed by atoms with E-state index in [1.807, 2.05) is 37.3 Å². The van der Waals surface area contributed by atoms with E-state index in [0.29, 0.717) is 6.42 Å². The van der Waals surface area contributed by atoms with Crippen LogP contribution < -0.4 is 5.32 Å². The fraction of sp³-hybridized carbons (Fsp3) is 0.304. The molecule has 0 aliphatic carbocycles. The van der Waals surface area contributed by atoms with Crippen LogP contribution in [-0.4, -0.2) is 31.1 Å². The van der Waals surface area contributed by atoms with Gasteiger partial charge in [-0.05, 0) is 44.4 Å². The van der Waals surface area contributed by atoms with Gasteiger partial charge in [0.2, 0.25) is 11.8 Å². The zero-order valence-corrected chi connectivity index (χ0v) is 18.3. The Balaban J connectivity index is 1.57. The molecular formula is C23H25FN2O4S. The molecule has 1 heterocycles. The molecule has 2 aromatic carbocycles. The van der Waals surface area contributed by atoms with Crippen LogP contribution in [0.25, 0.3) is 11.5 Å². The van der Waals surface area contributed by atoms with Crippen molar-refractivity contribution in [3.63, 3.8) is 0 Å². The van der Waals surface area contributed by atoms with Gasteiger partial charge in [0.05, 0.1) is 17.0 Å². The van der Waals surface area contributed by atoms with Crippen molar-refractivity contribution in [2.75, 3.05) is 5.75 Å². The average Bonchev–Trinajstić information content (AvgIpc) is 3.06. The molecule has 31 heavy (non-hydrogen) atoms. The minimum atomic E-state index is -3.78. The average molecular weight is 445 g/mol. The van der Waals surface area contributed by atoms with E-state index in [1.54, 1.807) is 19.1 Å². The summed E-state index contributed by atoms with van der Waals surface area (Å²) in [5, 5.41) is 2.73. The van der Waals surface area contributed by atoms with E-state index in [-0.39, 0.29) is 29.0 Å². The molecule has 1 N–H and O–H groups in total. The summed E-state index contributed by atoms with van der Waals surface area (Å²) in [6, 6.07) is 15.7. The fourth-order valence-corrected chi connectivity index (χ4v) is 4.46. The third kappa shape index (κ3) is 6.49. The highest BCUT2D eigenvalue weighted by Crippen LogP contribution is 2.25. The van der Waals surface area contributed by atoms with Crippen LogP contribution in [0.2, 0.25) is 0 Å². The van der Waals surface area contributed by atoms with Crippen molar-refractivity contribution in [2.24, 2.45) is 0 Å². The SMILES string of the molecule is Cc1oc(-c2ccccc2F)nc1CS(=O)(=O)CC(=O)N[C@H](C)CCc1ccccc1. The summed E-state index contributed by atoms with van der Waals surface area (Å²) in [6.45, 7) is 3.41. The van der Waals surface area contributed by atoms with Gasteiger partial charge in [-0.3, -0.25) is 4.79 Å². The zero-order chi connectivity index (χ0) is 22.4. The third-order valence-electron chi connectivity index (χ3n) is 4.82. The van der Waals surface area contributed by atoms with Gasteiger partial charge in [-0.2, -0.15) is 0 Å². The molecule has 0 spiro atoms. The first-order chi connectivity index (χ1) is 14.7. The number of aromatic nitrogens is 1. The summed E-state index contributed by atoms with van der Waals surface area (Å²) in [5.41, 5.74) is 1.48. The molecule has 1 atom stereocenters. The molecule has 0 saturated heterocycles. The summed E-state index contributed by atoms with van der Waals surface area (Å²) in [5.74, 6) is -1.89. The third-order valence-corrected chi connectivity index (χ3v) is 6.24. The molecule has 3 rings (SSSR count). The van der Waals surface area contributed by atoms with Crippen LogP contribution in [0.5, 0.6) is 0 Å². The lowest BCUT2D eigenvalue weighted by Crippen LogP contribution is -2.37. The van der Waals surface area contributed by atoms with Gasteiger partial charge in [0.25, 0.3) is 0 Å². The van der Waals surface area contributed by atoms with Crippen LogP contribution in [0.1, 0.15) is 30.4 Å². The number of oxazole rings is 1. The number of hydrogen-bond donors (Lipinski definition) is 1. The zero-order valence-electron chi connectivity index (χ0n) is 17.5. The van der Waals surface area contributed by atoms with Gasteiger partial charge in [0.15, 0.2) is 9.84 Å². The predicted molar refractivity (Wildman–Crippen MR) is 116 cm³/mol. The van der Waals surface area contributed by atoms with Gasteiger partial charge in [0.1, 0.15) is 17.3 Å². The fourth-order valence-electron chi connectivity index (χ4n) is 3.19. The maximum atomic E-state index is 13.9. The molecule has 1 amide bonds. The van der Waals surface area contributed by atoms with E-state index in [1.165, 1.54) is 12.1 Å². The lowest BCUT2D eigenvalue weighted by molar-refractivity contribution is -0.119. The number of halogens is 1. The Morgan fingerprint density at radius 1 is 1.13 bits per heavy atom. The summed E-state index contributed by atoms with van der Waals surface area (Å²) >= 11 is 0. The van der Waals surface area contributed by atoms with Gasteiger partial charge in [-0.1, -0.05) is 42.5 Å². The first-order valence-electron chi connectivity index (χ1n) is 9.98. The second-order valence-electron chi connectivity index (χ2n) is 7.53. The van der Waals surface area contributed by atoms with E-state index in [9.17, 15) is 17.6 Å². The highest BCUT2D eigenvalue weighted by atomic mass is 32.2. The topological polar surface area (TPSA) is 89.3 Å². The minimum Gasteiger partial charge on any atom is -0.441 e. The molecule has 0 saturated carbocycles. The lowest BCUT2D eigenvalue weighted by Gasteiger charge is -2.14. The van der Waals surface area contributed by atoms with Gasteiger partial charge < -0.3 is 9.73 Å². The number of nitrogens with one attached hydrogen (secondary N) is 1. The van der Waals surface area contributed by atoms with Crippen molar-refractivity contribution < 1.29 is 22.0 Å². The quantitative estimate of drug-likeness (QED) is 0.542. The minimum absolute atomic E-state index is 0.0137. The van der Waals surface area contributed by atoms with E-state index in [2.05, 4.69) is 10.3 Å². The number of rotatable bonds is 9. The number of carbonyl (C=O) groups excluding carboxylic acids is 1. The molecule has 164 valence electrons. The second-order valence-corrected chi connectivity index (χ2v) is 9.59. The number of hydrogen-bond acceptors (Lipinski definition) is 5. The Morgan fingerprint density at radius 2 is 1.81 bits per heavy atom. The van der Waals surface area contributed by atoms with Gasteiger partial charge in [-0.15, -0.1) is 0 Å². The molecule has 0 bridgehead atoms. The van der Waals surface area contributed by atoms with Crippen molar-refractivity contribution in [1.29, 1.82) is 0 Å². The Labute approximate surface area is 181 Å². The van der Waals surface area contributed by atoms with Crippen molar-refractivity contribution in [3.05, 3.63) is 77.4 Å². The van der Waals surface area contributed by atoms with Crippen LogP contribution in [0.4, 0.5) is 4.39 Å². The molecule has 0 aliphatic heterocycles. The molecule has 0 unspecified atom stereocenters. The van der Waals surface area contributed by atoms with Crippen LogP contribution in [0, 0.1) is 12.7 Å². The number of aryl methyl sites for hydroxylation is 2. The smallest absolute Gasteiger partial charge is 0.235 e. The standard InChI is InChI=1S/C23H25FN2O4S/c1-16(12-13-18-8-4-3-5-9-18)25-22(27)15-31(28,29)14-21-17(2)30-23(26-21)19-10-6-7-11-20(19)24/h3-11,16H,12-15H2,1-2H3,(H,25,27)/t16-/m1/s1. The van der Waals surface area contributed by atoms with Crippen LogP contribution in [-0.2, 0) is 26.8 Å². The van der Waals surface area contributed by atoms with Crippen molar-refractivity contribution >= 4 is 15.7 Å². The summed E-state index contributed by atoms with van der Waals surface area (Å²) in [7, 11) is -3.78. The molecule has 0 radical (unpaired) electrons. The van der Waals surface area contributed by atoms with E-state index in [0.717, 1.165) is 12.0 Å². The van der Waals surface area contributed by atoms with Gasteiger partial charge in [-0.25, -0.2) is 17.8 Å². The van der Waals surface area contributed by atoms with Gasteiger partial charge >= 0.3 is 0 Å². The lowest BCUT2D eigenvalue weighted by atomic mass is 10.1. The second kappa shape index (κ2) is 9.87. The molecule has 0 fully saturated rings. The Hall–Kier alpha value is -3.00. The summed E-state index contributed by atoms with van der Waals surface area (Å²) in [6.07, 6.45) is 1.48. The Morgan fingerprint density at radius 3 is 2.52 bits per heavy atom. The van der Waals surface area contributed by atoms with Crippen LogP contribution in [0.3, 0.4) is 0 Å². The highest BCUT2D eigenvalue weighted by Gasteiger charge is 2.23. The van der Waals surface area contributed by atoms with E-state index >= 15 is 0 Å². The highest BCUT2D eigenvalue weighted by molar-refractivity contribution is 7.91. The first kappa shape index (κ1) is 22.7. The Bertz CT molecular complexity index is 1140. The first-order valence-corrected chi connectivity index (χ1v) is 11.8. The van der Waals surface area contributed by atoms with Gasteiger partial charge in [0, 0.05) is 6.04 Å². The molecule has 0 aliphatic rings. The predicted octanol–water partition coefficient (Wildman–Crippen LogP) is 3.84. The van der Waals surface area contributed by atoms with E-state index < -0.39 is 33.1 Å². The van der Waals surface area contributed by atoms with Crippen molar-refractivity contribution in [2.45, 2.75) is 38.5 Å². The summed E-state index contributed by atoms with van der Waals surface area (Å²) in [4.78, 5) is 16.4. The maximum Gasteiger partial charge on any atom is 0.235 e. The van der Waals surface area contributed by atoms with E-state index in [4.69, 9.17) is 4.42 Å². The maximum absolute atomic E-state index is 13.9. The monoisotopic (exact) mass is 444 g/mol. The number of nitrogens with zero attached hydrogens (tertiary/aromatic N) is 1. The molecule has 8 heteroatoms. The largest absolute Gasteiger partial charge is 0.441 e. The number of amides is 1. The number of carbonyl (C=O) groups is 1. The number of sulfone groups is 1. The molecular weight excluding hydrogens is 419 g/mol. The van der Waals surface area contributed by atoms with Crippen molar-refractivity contribution in [1.82, 2.24) is 10.3 Å². The van der Waals surface area contributed by atoms with Crippen LogP contribution in [0.15, 0.2) is 59.0 Å². The molecule has 3 aromatic rings. The van der Waals surface area contributed by atoms with Crippen molar-refractivity contribution in [3.8, 4) is 11.5 Å². The summed E-state index contributed by atoms with van der Waals surface area (Å²) < 4.78 is 44.4.